The van der Waals surface area contributed by atoms with Crippen LogP contribution in [-0.4, -0.2) is 45.4 Å². The zero-order valence-electron chi connectivity index (χ0n) is 11.7. The van der Waals surface area contributed by atoms with E-state index in [1.54, 1.807) is 14.2 Å². The van der Waals surface area contributed by atoms with Crippen molar-refractivity contribution in [2.75, 3.05) is 40.5 Å². The first-order valence-electron chi connectivity index (χ1n) is 6.38. The summed E-state index contributed by atoms with van der Waals surface area (Å²) in [5.74, 6) is 0. The molecule has 0 fully saturated rings. The molecule has 4 nitrogen and oxygen atoms in total. The molecule has 2 N–H and O–H groups in total. The molecule has 0 saturated heterocycles. The van der Waals surface area contributed by atoms with E-state index in [4.69, 9.17) is 15.2 Å². The summed E-state index contributed by atoms with van der Waals surface area (Å²) >= 11 is 3.61. The first-order valence-corrected chi connectivity index (χ1v) is 7.18. The quantitative estimate of drug-likeness (QED) is 0.752. The summed E-state index contributed by atoms with van der Waals surface area (Å²) in [6.45, 7) is 4.68. The van der Waals surface area contributed by atoms with Gasteiger partial charge in [-0.25, -0.2) is 0 Å². The second kappa shape index (κ2) is 9.44. The number of nitrogens with two attached hydrogens (primary N) is 1. The zero-order valence-corrected chi connectivity index (χ0v) is 13.3. The van der Waals surface area contributed by atoms with Gasteiger partial charge in [0, 0.05) is 44.9 Å². The van der Waals surface area contributed by atoms with Crippen molar-refractivity contribution in [1.29, 1.82) is 0 Å². The number of hydrogen-bond donors (Lipinski definition) is 1. The van der Waals surface area contributed by atoms with Crippen LogP contribution in [0.3, 0.4) is 0 Å². The fourth-order valence-corrected chi connectivity index (χ4v) is 2.35. The van der Waals surface area contributed by atoms with Gasteiger partial charge in [-0.05, 0) is 17.2 Å². The van der Waals surface area contributed by atoms with Gasteiger partial charge in [0.15, 0.2) is 0 Å². The number of ether oxygens (including phenoxy) is 2. The third-order valence-corrected chi connectivity index (χ3v) is 3.71. The summed E-state index contributed by atoms with van der Waals surface area (Å²) in [4.78, 5) is 2.31. The molecule has 0 amide bonds. The number of hydrogen-bond acceptors (Lipinski definition) is 4. The summed E-state index contributed by atoms with van der Waals surface area (Å²) in [6, 6.07) is 6.28. The van der Waals surface area contributed by atoms with Gasteiger partial charge in [-0.2, -0.15) is 0 Å². The van der Waals surface area contributed by atoms with Crippen molar-refractivity contribution >= 4 is 15.9 Å². The maximum absolute atomic E-state index is 5.64. The number of methoxy groups -OCH3 is 2. The minimum absolute atomic E-state index is 0.565. The maximum atomic E-state index is 5.64. The Morgan fingerprint density at radius 2 is 1.79 bits per heavy atom. The van der Waals surface area contributed by atoms with Gasteiger partial charge in [-0.15, -0.1) is 0 Å². The molecule has 0 aliphatic rings. The van der Waals surface area contributed by atoms with Crippen molar-refractivity contribution < 1.29 is 9.47 Å². The van der Waals surface area contributed by atoms with E-state index in [0.29, 0.717) is 6.54 Å². The lowest BCUT2D eigenvalue weighted by atomic mass is 10.1. The van der Waals surface area contributed by atoms with Crippen molar-refractivity contribution in [3.63, 3.8) is 0 Å². The molecule has 0 atom stereocenters. The highest BCUT2D eigenvalue weighted by molar-refractivity contribution is 9.10. The molecule has 0 spiro atoms. The molecule has 0 aliphatic heterocycles. The molecule has 108 valence electrons. The largest absolute Gasteiger partial charge is 0.383 e. The summed E-state index contributed by atoms with van der Waals surface area (Å²) in [5.41, 5.74) is 8.03. The van der Waals surface area contributed by atoms with Gasteiger partial charge in [0.05, 0.1) is 13.2 Å². The molecule has 1 aromatic rings. The van der Waals surface area contributed by atoms with Crippen LogP contribution in [0.15, 0.2) is 22.7 Å². The number of halogens is 1. The predicted octanol–water partition coefficient (Wildman–Crippen LogP) is 2.00. The Bertz CT molecular complexity index is 366. The van der Waals surface area contributed by atoms with Crippen molar-refractivity contribution in [2.24, 2.45) is 5.73 Å². The summed E-state index contributed by atoms with van der Waals surface area (Å²) < 4.78 is 11.4. The third kappa shape index (κ3) is 6.01. The first-order chi connectivity index (χ1) is 9.21. The average Bonchev–Trinajstić information content (AvgIpc) is 2.43. The van der Waals surface area contributed by atoms with Gasteiger partial charge < -0.3 is 15.2 Å². The normalized spacial score (nSPS) is 11.2. The Morgan fingerprint density at radius 3 is 2.26 bits per heavy atom. The van der Waals surface area contributed by atoms with Crippen LogP contribution in [0, 0.1) is 0 Å². The number of rotatable bonds is 9. The molecule has 0 bridgehead atoms. The SMILES string of the molecule is COCCN(CCOC)Cc1ccc(CN)cc1Br. The van der Waals surface area contributed by atoms with Crippen LogP contribution in [0.5, 0.6) is 0 Å². The molecule has 19 heavy (non-hydrogen) atoms. The second-order valence-corrected chi connectivity index (χ2v) is 5.25. The molecular formula is C14H23BrN2O2. The monoisotopic (exact) mass is 330 g/mol. The molecular weight excluding hydrogens is 308 g/mol. The lowest BCUT2D eigenvalue weighted by Crippen LogP contribution is -2.30. The van der Waals surface area contributed by atoms with Crippen LogP contribution in [-0.2, 0) is 22.6 Å². The molecule has 0 aliphatic carbocycles. The Morgan fingerprint density at radius 1 is 1.16 bits per heavy atom. The molecule has 0 saturated carbocycles. The Labute approximate surface area is 124 Å². The topological polar surface area (TPSA) is 47.7 Å². The zero-order chi connectivity index (χ0) is 14.1. The highest BCUT2D eigenvalue weighted by Gasteiger charge is 2.08. The van der Waals surface area contributed by atoms with Gasteiger partial charge in [-0.1, -0.05) is 28.1 Å². The molecule has 5 heteroatoms. The van der Waals surface area contributed by atoms with Gasteiger partial charge in [0.1, 0.15) is 0 Å². The lowest BCUT2D eigenvalue weighted by molar-refractivity contribution is 0.110. The molecule has 0 unspecified atom stereocenters. The summed E-state index contributed by atoms with van der Waals surface area (Å²) in [6.07, 6.45) is 0. The van der Waals surface area contributed by atoms with Crippen LogP contribution in [0.2, 0.25) is 0 Å². The minimum Gasteiger partial charge on any atom is -0.383 e. The van der Waals surface area contributed by atoms with Gasteiger partial charge in [0.2, 0.25) is 0 Å². The van der Waals surface area contributed by atoms with Crippen LogP contribution in [0.25, 0.3) is 0 Å². The molecule has 0 radical (unpaired) electrons. The van der Waals surface area contributed by atoms with Crippen LogP contribution in [0.1, 0.15) is 11.1 Å². The predicted molar refractivity (Wildman–Crippen MR) is 81.1 cm³/mol. The van der Waals surface area contributed by atoms with E-state index in [2.05, 4.69) is 39.0 Å². The van der Waals surface area contributed by atoms with Crippen LogP contribution < -0.4 is 5.73 Å². The van der Waals surface area contributed by atoms with Crippen molar-refractivity contribution in [3.8, 4) is 0 Å². The van der Waals surface area contributed by atoms with Crippen LogP contribution >= 0.6 is 15.9 Å². The van der Waals surface area contributed by atoms with E-state index >= 15 is 0 Å². The van der Waals surface area contributed by atoms with Crippen molar-refractivity contribution in [1.82, 2.24) is 4.90 Å². The average molecular weight is 331 g/mol. The van der Waals surface area contributed by atoms with Crippen molar-refractivity contribution in [2.45, 2.75) is 13.1 Å². The fourth-order valence-electron chi connectivity index (χ4n) is 1.80. The number of benzene rings is 1. The molecule has 0 aromatic heterocycles. The van der Waals surface area contributed by atoms with Gasteiger partial charge in [-0.3, -0.25) is 4.90 Å². The van der Waals surface area contributed by atoms with Gasteiger partial charge >= 0.3 is 0 Å². The minimum atomic E-state index is 0.565. The molecule has 0 heterocycles. The van der Waals surface area contributed by atoms with Gasteiger partial charge in [0.25, 0.3) is 0 Å². The van der Waals surface area contributed by atoms with E-state index in [0.717, 1.165) is 42.9 Å². The Balaban J connectivity index is 2.65. The third-order valence-electron chi connectivity index (χ3n) is 2.97. The van der Waals surface area contributed by atoms with E-state index in [9.17, 15) is 0 Å². The lowest BCUT2D eigenvalue weighted by Gasteiger charge is -2.22. The molecule has 1 aromatic carbocycles. The first kappa shape index (κ1) is 16.6. The highest BCUT2D eigenvalue weighted by atomic mass is 79.9. The highest BCUT2D eigenvalue weighted by Crippen LogP contribution is 2.20. The van der Waals surface area contributed by atoms with E-state index in [1.165, 1.54) is 5.56 Å². The standard InChI is InChI=1S/C14H23BrN2O2/c1-18-7-5-17(6-8-19-2)11-13-4-3-12(10-16)9-14(13)15/h3-4,9H,5-8,10-11,16H2,1-2H3. The smallest absolute Gasteiger partial charge is 0.0589 e. The van der Waals surface area contributed by atoms with Crippen molar-refractivity contribution in [3.05, 3.63) is 33.8 Å². The maximum Gasteiger partial charge on any atom is 0.0589 e. The van der Waals surface area contributed by atoms with E-state index < -0.39 is 0 Å². The van der Waals surface area contributed by atoms with E-state index in [1.807, 2.05) is 0 Å². The van der Waals surface area contributed by atoms with Crippen LogP contribution in [0.4, 0.5) is 0 Å². The molecule has 1 rings (SSSR count). The number of nitrogens with zero attached hydrogens (tertiary/aromatic N) is 1. The summed E-state index contributed by atoms with van der Waals surface area (Å²) in [7, 11) is 3.45. The second-order valence-electron chi connectivity index (χ2n) is 4.39. The fraction of sp³-hybridized carbons (Fsp3) is 0.571. The summed E-state index contributed by atoms with van der Waals surface area (Å²) in [5, 5.41) is 0. The Kier molecular flexibility index (Phi) is 8.25. The van der Waals surface area contributed by atoms with E-state index in [-0.39, 0.29) is 0 Å². The Hall–Kier alpha value is -0.460.